The van der Waals surface area contributed by atoms with Crippen molar-refractivity contribution in [2.24, 2.45) is 5.92 Å². The van der Waals surface area contributed by atoms with Crippen LogP contribution in [0.3, 0.4) is 0 Å². The Balaban J connectivity index is 2.15. The van der Waals surface area contributed by atoms with Crippen LogP contribution < -0.4 is 5.32 Å². The minimum absolute atomic E-state index is 0.0751. The van der Waals surface area contributed by atoms with Crippen molar-refractivity contribution in [3.63, 3.8) is 0 Å². The topological polar surface area (TPSA) is 32.3 Å². The Morgan fingerprint density at radius 3 is 2.52 bits per heavy atom. The Kier molecular flexibility index (Phi) is 5.28. The largest absolute Gasteiger partial charge is 0.337 e. The molecule has 1 aromatic carbocycles. The lowest BCUT2D eigenvalue weighted by Gasteiger charge is -2.27. The second kappa shape index (κ2) is 6.98. The van der Waals surface area contributed by atoms with Crippen LogP contribution in [0.5, 0.6) is 0 Å². The molecule has 1 aromatic rings. The highest BCUT2D eigenvalue weighted by Crippen LogP contribution is 2.15. The molecule has 1 aliphatic heterocycles. The van der Waals surface area contributed by atoms with Crippen molar-refractivity contribution in [1.82, 2.24) is 10.2 Å². The Labute approximate surface area is 124 Å². The smallest absolute Gasteiger partial charge is 0.254 e. The lowest BCUT2D eigenvalue weighted by Crippen LogP contribution is -2.42. The van der Waals surface area contributed by atoms with Crippen LogP contribution in [-0.4, -0.2) is 36.5 Å². The molecule has 1 heterocycles. The molecule has 3 nitrogen and oxygen atoms in total. The molecule has 116 valence electrons. The van der Waals surface area contributed by atoms with Crippen LogP contribution in [0.25, 0.3) is 0 Å². The number of carbonyl (C=O) groups excluding carboxylic acids is 1. The van der Waals surface area contributed by atoms with Gasteiger partial charge in [0.2, 0.25) is 0 Å². The molecule has 1 atom stereocenters. The molecule has 0 aromatic heterocycles. The zero-order chi connectivity index (χ0) is 15.4. The summed E-state index contributed by atoms with van der Waals surface area (Å²) < 4.78 is 26.6. The van der Waals surface area contributed by atoms with Gasteiger partial charge in [-0.2, -0.15) is 0 Å². The van der Waals surface area contributed by atoms with E-state index in [9.17, 15) is 13.6 Å². The standard InChI is InChI=1S/C16H22F2N2O/c1-11(2)9-20(10-15-4-3-5-19-15)16(21)12-6-13(17)8-14(18)7-12/h6-8,11,15,19H,3-5,9-10H2,1-2H3. The molecule has 5 heteroatoms. The number of hydrogen-bond acceptors (Lipinski definition) is 2. The first kappa shape index (κ1) is 15.9. The highest BCUT2D eigenvalue weighted by atomic mass is 19.1. The summed E-state index contributed by atoms with van der Waals surface area (Å²) in [5.74, 6) is -1.45. The predicted octanol–water partition coefficient (Wildman–Crippen LogP) is 2.82. The van der Waals surface area contributed by atoms with Gasteiger partial charge >= 0.3 is 0 Å². The molecule has 1 fully saturated rings. The van der Waals surface area contributed by atoms with E-state index in [1.807, 2.05) is 13.8 Å². The average Bonchev–Trinajstić information content (AvgIpc) is 2.88. The fraction of sp³-hybridized carbons (Fsp3) is 0.562. The van der Waals surface area contributed by atoms with Gasteiger partial charge in [-0.05, 0) is 37.4 Å². The van der Waals surface area contributed by atoms with Gasteiger partial charge in [0.05, 0.1) is 0 Å². The molecule has 0 aliphatic carbocycles. The molecule has 2 rings (SSSR count). The third kappa shape index (κ3) is 4.49. The zero-order valence-corrected chi connectivity index (χ0v) is 12.5. The van der Waals surface area contributed by atoms with Crippen LogP contribution >= 0.6 is 0 Å². The van der Waals surface area contributed by atoms with Gasteiger partial charge in [0.25, 0.3) is 5.91 Å². The van der Waals surface area contributed by atoms with Crippen molar-refractivity contribution in [1.29, 1.82) is 0 Å². The summed E-state index contributed by atoms with van der Waals surface area (Å²) in [6.07, 6.45) is 2.13. The first-order chi connectivity index (χ1) is 9.95. The highest BCUT2D eigenvalue weighted by molar-refractivity contribution is 5.94. The third-order valence-electron chi connectivity index (χ3n) is 3.59. The van der Waals surface area contributed by atoms with Crippen LogP contribution in [0.15, 0.2) is 18.2 Å². The Morgan fingerprint density at radius 2 is 2.00 bits per heavy atom. The second-order valence-electron chi connectivity index (χ2n) is 6.06. The number of carbonyl (C=O) groups is 1. The zero-order valence-electron chi connectivity index (χ0n) is 12.5. The number of benzene rings is 1. The van der Waals surface area contributed by atoms with E-state index in [1.165, 1.54) is 0 Å². The van der Waals surface area contributed by atoms with Gasteiger partial charge in [-0.1, -0.05) is 13.8 Å². The van der Waals surface area contributed by atoms with Gasteiger partial charge < -0.3 is 10.2 Å². The van der Waals surface area contributed by atoms with Crippen LogP contribution in [-0.2, 0) is 0 Å². The summed E-state index contributed by atoms with van der Waals surface area (Å²) in [6.45, 7) is 6.16. The average molecular weight is 296 g/mol. The molecule has 1 amide bonds. The maximum absolute atomic E-state index is 13.3. The van der Waals surface area contributed by atoms with Gasteiger partial charge in [0, 0.05) is 30.8 Å². The number of halogens is 2. The van der Waals surface area contributed by atoms with Crippen molar-refractivity contribution in [2.75, 3.05) is 19.6 Å². The van der Waals surface area contributed by atoms with Gasteiger partial charge in [0.15, 0.2) is 0 Å². The Bertz CT molecular complexity index is 479. The minimum atomic E-state index is -0.721. The van der Waals surface area contributed by atoms with Crippen molar-refractivity contribution >= 4 is 5.91 Å². The molecule has 1 aliphatic rings. The number of rotatable bonds is 5. The Hall–Kier alpha value is -1.49. The maximum Gasteiger partial charge on any atom is 0.254 e. The first-order valence-corrected chi connectivity index (χ1v) is 7.44. The first-order valence-electron chi connectivity index (χ1n) is 7.44. The number of amides is 1. The molecule has 21 heavy (non-hydrogen) atoms. The lowest BCUT2D eigenvalue weighted by molar-refractivity contribution is 0.0720. The highest BCUT2D eigenvalue weighted by Gasteiger charge is 2.23. The summed E-state index contributed by atoms with van der Waals surface area (Å²) in [7, 11) is 0. The number of nitrogens with one attached hydrogen (secondary N) is 1. The van der Waals surface area contributed by atoms with E-state index in [0.29, 0.717) is 19.0 Å². The summed E-state index contributed by atoms with van der Waals surface area (Å²) in [6, 6.07) is 3.25. The number of hydrogen-bond donors (Lipinski definition) is 1. The van der Waals surface area contributed by atoms with E-state index in [0.717, 1.165) is 37.6 Å². The molecule has 1 saturated heterocycles. The number of nitrogens with zero attached hydrogens (tertiary/aromatic N) is 1. The van der Waals surface area contributed by atoms with Crippen LogP contribution in [0.2, 0.25) is 0 Å². The van der Waals surface area contributed by atoms with Crippen molar-refractivity contribution < 1.29 is 13.6 Å². The van der Waals surface area contributed by atoms with E-state index in [-0.39, 0.29) is 17.5 Å². The van der Waals surface area contributed by atoms with E-state index in [1.54, 1.807) is 4.90 Å². The second-order valence-corrected chi connectivity index (χ2v) is 6.06. The summed E-state index contributed by atoms with van der Waals surface area (Å²) >= 11 is 0. The van der Waals surface area contributed by atoms with Crippen molar-refractivity contribution in [2.45, 2.75) is 32.7 Å². The maximum atomic E-state index is 13.3. The quantitative estimate of drug-likeness (QED) is 0.906. The van der Waals surface area contributed by atoms with Crippen molar-refractivity contribution in [3.8, 4) is 0 Å². The van der Waals surface area contributed by atoms with Gasteiger partial charge in [0.1, 0.15) is 11.6 Å². The SMILES string of the molecule is CC(C)CN(CC1CCCN1)C(=O)c1cc(F)cc(F)c1. The molecule has 1 unspecified atom stereocenters. The van der Waals surface area contributed by atoms with Crippen LogP contribution in [0.1, 0.15) is 37.0 Å². The van der Waals surface area contributed by atoms with E-state index in [4.69, 9.17) is 0 Å². The predicted molar refractivity (Wildman–Crippen MR) is 78.1 cm³/mol. The van der Waals surface area contributed by atoms with E-state index in [2.05, 4.69) is 5.32 Å². The van der Waals surface area contributed by atoms with E-state index >= 15 is 0 Å². The monoisotopic (exact) mass is 296 g/mol. The summed E-state index contributed by atoms with van der Waals surface area (Å²) in [5.41, 5.74) is 0.0751. The molecule has 0 bridgehead atoms. The van der Waals surface area contributed by atoms with Crippen LogP contribution in [0, 0.1) is 17.6 Å². The lowest BCUT2D eigenvalue weighted by atomic mass is 10.1. The molecule has 0 spiro atoms. The minimum Gasteiger partial charge on any atom is -0.337 e. The van der Waals surface area contributed by atoms with Gasteiger partial charge in [-0.3, -0.25) is 4.79 Å². The molecule has 1 N–H and O–H groups in total. The molecular formula is C16H22F2N2O. The molecular weight excluding hydrogens is 274 g/mol. The third-order valence-corrected chi connectivity index (χ3v) is 3.59. The molecule has 0 radical (unpaired) electrons. The fourth-order valence-corrected chi connectivity index (χ4v) is 2.72. The molecule has 0 saturated carbocycles. The Morgan fingerprint density at radius 1 is 1.33 bits per heavy atom. The van der Waals surface area contributed by atoms with Gasteiger partial charge in [-0.15, -0.1) is 0 Å². The summed E-state index contributed by atoms with van der Waals surface area (Å²) in [4.78, 5) is 14.2. The van der Waals surface area contributed by atoms with E-state index < -0.39 is 11.6 Å². The van der Waals surface area contributed by atoms with Gasteiger partial charge in [-0.25, -0.2) is 8.78 Å². The normalized spacial score (nSPS) is 18.2. The summed E-state index contributed by atoms with van der Waals surface area (Å²) in [5, 5.41) is 3.35. The van der Waals surface area contributed by atoms with Crippen molar-refractivity contribution in [3.05, 3.63) is 35.4 Å². The fourth-order valence-electron chi connectivity index (χ4n) is 2.72. The van der Waals surface area contributed by atoms with Crippen LogP contribution in [0.4, 0.5) is 8.78 Å².